The minimum atomic E-state index is -0.158. The van der Waals surface area contributed by atoms with Crippen molar-refractivity contribution in [3.63, 3.8) is 0 Å². The summed E-state index contributed by atoms with van der Waals surface area (Å²) < 4.78 is 1.65. The Balaban J connectivity index is 2.05. The maximum Gasteiger partial charge on any atom is 0.230 e. The fourth-order valence-corrected chi connectivity index (χ4v) is 2.69. The lowest BCUT2D eigenvalue weighted by atomic mass is 9.98. The molecule has 1 amide bonds. The first kappa shape index (κ1) is 16.4. The Morgan fingerprint density at radius 1 is 1.41 bits per heavy atom. The molecule has 0 unspecified atom stereocenters. The second-order valence-electron chi connectivity index (χ2n) is 5.68. The Morgan fingerprint density at radius 3 is 2.64 bits per heavy atom. The third kappa shape index (κ3) is 4.04. The lowest BCUT2D eigenvalue weighted by Crippen LogP contribution is -2.27. The Kier molecular flexibility index (Phi) is 5.89. The molecule has 1 aromatic rings. The van der Waals surface area contributed by atoms with Crippen molar-refractivity contribution in [3.05, 3.63) is 31.1 Å². The lowest BCUT2D eigenvalue weighted by molar-refractivity contribution is -0.119. The zero-order valence-electron chi connectivity index (χ0n) is 13.2. The van der Waals surface area contributed by atoms with Crippen molar-refractivity contribution in [3.8, 4) is 0 Å². The molecule has 2 heterocycles. The number of amides is 1. The number of piperidine rings is 1. The summed E-state index contributed by atoms with van der Waals surface area (Å²) in [4.78, 5) is 16.8. The number of rotatable bonds is 7. The molecule has 1 aliphatic rings. The molecule has 0 aromatic carbocycles. The molecule has 0 radical (unpaired) electrons. The van der Waals surface area contributed by atoms with Crippen LogP contribution in [0.2, 0.25) is 0 Å². The summed E-state index contributed by atoms with van der Waals surface area (Å²) in [7, 11) is 1.81. The minimum absolute atomic E-state index is 0.0628. The summed E-state index contributed by atoms with van der Waals surface area (Å²) in [5.41, 5.74) is 0. The van der Waals surface area contributed by atoms with E-state index in [9.17, 15) is 4.79 Å². The van der Waals surface area contributed by atoms with Gasteiger partial charge in [0.15, 0.2) is 5.82 Å². The van der Waals surface area contributed by atoms with E-state index in [-0.39, 0.29) is 11.8 Å². The third-order valence-corrected chi connectivity index (χ3v) is 3.99. The maximum atomic E-state index is 12.3. The molecule has 1 fully saturated rings. The van der Waals surface area contributed by atoms with Gasteiger partial charge < -0.3 is 5.32 Å². The van der Waals surface area contributed by atoms with Crippen LogP contribution in [0.25, 0.3) is 0 Å². The highest BCUT2D eigenvalue weighted by molar-refractivity contribution is 5.91. The van der Waals surface area contributed by atoms with E-state index < -0.39 is 0 Å². The van der Waals surface area contributed by atoms with Crippen molar-refractivity contribution in [2.45, 2.75) is 31.6 Å². The average Bonchev–Trinajstić information content (AvgIpc) is 2.89. The SMILES string of the molecule is C=CCC(CC=C)C(=O)Nc1nc(C2CCNCC2)nn1C. The van der Waals surface area contributed by atoms with Gasteiger partial charge in [0, 0.05) is 18.9 Å². The molecule has 2 N–H and O–H groups in total. The zero-order valence-corrected chi connectivity index (χ0v) is 13.2. The van der Waals surface area contributed by atoms with Crippen LogP contribution in [-0.2, 0) is 11.8 Å². The van der Waals surface area contributed by atoms with Crippen LogP contribution >= 0.6 is 0 Å². The van der Waals surface area contributed by atoms with Gasteiger partial charge in [-0.25, -0.2) is 4.68 Å². The molecule has 22 heavy (non-hydrogen) atoms. The van der Waals surface area contributed by atoms with Crippen LogP contribution in [0, 0.1) is 5.92 Å². The van der Waals surface area contributed by atoms with Crippen LogP contribution in [0.3, 0.4) is 0 Å². The van der Waals surface area contributed by atoms with E-state index in [1.54, 1.807) is 16.8 Å². The highest BCUT2D eigenvalue weighted by Crippen LogP contribution is 2.23. The van der Waals surface area contributed by atoms with Crippen molar-refractivity contribution in [1.82, 2.24) is 20.1 Å². The van der Waals surface area contributed by atoms with Gasteiger partial charge in [0.05, 0.1) is 0 Å². The fraction of sp³-hybridized carbons (Fsp3) is 0.562. The van der Waals surface area contributed by atoms with Gasteiger partial charge in [-0.2, -0.15) is 10.1 Å². The minimum Gasteiger partial charge on any atom is -0.317 e. The fourth-order valence-electron chi connectivity index (χ4n) is 2.69. The van der Waals surface area contributed by atoms with E-state index in [0.29, 0.717) is 24.7 Å². The molecule has 120 valence electrons. The summed E-state index contributed by atoms with van der Waals surface area (Å²) in [6.07, 6.45) is 6.82. The van der Waals surface area contributed by atoms with Gasteiger partial charge in [0.2, 0.25) is 11.9 Å². The first-order valence-corrected chi connectivity index (χ1v) is 7.80. The van der Waals surface area contributed by atoms with Crippen LogP contribution < -0.4 is 10.6 Å². The van der Waals surface area contributed by atoms with Crippen molar-refractivity contribution in [1.29, 1.82) is 0 Å². The molecule has 0 aliphatic carbocycles. The molecule has 0 saturated carbocycles. The molecular formula is C16H25N5O. The van der Waals surface area contributed by atoms with E-state index in [4.69, 9.17) is 0 Å². The van der Waals surface area contributed by atoms with Crippen molar-refractivity contribution >= 4 is 11.9 Å². The second-order valence-corrected chi connectivity index (χ2v) is 5.68. The number of hydrogen-bond acceptors (Lipinski definition) is 4. The predicted molar refractivity (Wildman–Crippen MR) is 87.6 cm³/mol. The number of carbonyl (C=O) groups excluding carboxylic acids is 1. The van der Waals surface area contributed by atoms with Crippen molar-refractivity contribution in [2.24, 2.45) is 13.0 Å². The molecule has 2 rings (SSSR count). The van der Waals surface area contributed by atoms with Gasteiger partial charge >= 0.3 is 0 Å². The molecular weight excluding hydrogens is 278 g/mol. The predicted octanol–water partition coefficient (Wildman–Crippen LogP) is 1.99. The summed E-state index contributed by atoms with van der Waals surface area (Å²) >= 11 is 0. The molecule has 0 bridgehead atoms. The van der Waals surface area contributed by atoms with Crippen LogP contribution in [0.4, 0.5) is 5.95 Å². The molecule has 1 aromatic heterocycles. The number of carbonyl (C=O) groups is 1. The molecule has 0 atom stereocenters. The number of aryl methyl sites for hydroxylation is 1. The summed E-state index contributed by atoms with van der Waals surface area (Å²) in [5, 5.41) is 10.7. The van der Waals surface area contributed by atoms with E-state index in [1.165, 1.54) is 0 Å². The largest absolute Gasteiger partial charge is 0.317 e. The highest BCUT2D eigenvalue weighted by atomic mass is 16.2. The van der Waals surface area contributed by atoms with Crippen molar-refractivity contribution < 1.29 is 4.79 Å². The zero-order chi connectivity index (χ0) is 15.9. The number of anilines is 1. The lowest BCUT2D eigenvalue weighted by Gasteiger charge is -2.19. The third-order valence-electron chi connectivity index (χ3n) is 3.99. The van der Waals surface area contributed by atoms with Gasteiger partial charge in [-0.3, -0.25) is 10.1 Å². The topological polar surface area (TPSA) is 71.8 Å². The van der Waals surface area contributed by atoms with Crippen molar-refractivity contribution in [2.75, 3.05) is 18.4 Å². The Labute approximate surface area is 131 Å². The molecule has 1 aliphatic heterocycles. The average molecular weight is 303 g/mol. The number of nitrogens with zero attached hydrogens (tertiary/aromatic N) is 3. The molecule has 1 saturated heterocycles. The quantitative estimate of drug-likeness (QED) is 0.756. The van der Waals surface area contributed by atoms with E-state index in [2.05, 4.69) is 33.9 Å². The van der Waals surface area contributed by atoms with Gasteiger partial charge in [-0.15, -0.1) is 13.2 Å². The number of hydrogen-bond donors (Lipinski definition) is 2. The summed E-state index contributed by atoms with van der Waals surface area (Å²) in [6.45, 7) is 9.39. The van der Waals surface area contributed by atoms with Crippen LogP contribution in [-0.4, -0.2) is 33.8 Å². The van der Waals surface area contributed by atoms with Gasteiger partial charge in [-0.05, 0) is 38.8 Å². The van der Waals surface area contributed by atoms with E-state index in [0.717, 1.165) is 31.8 Å². The Hall–Kier alpha value is -1.95. The molecule has 6 heteroatoms. The molecule has 0 spiro atoms. The van der Waals surface area contributed by atoms with Crippen LogP contribution in [0.15, 0.2) is 25.3 Å². The van der Waals surface area contributed by atoms with Gasteiger partial charge in [0.1, 0.15) is 0 Å². The molecule has 6 nitrogen and oxygen atoms in total. The number of allylic oxidation sites excluding steroid dienone is 2. The first-order chi connectivity index (χ1) is 10.7. The normalized spacial score (nSPS) is 15.7. The monoisotopic (exact) mass is 303 g/mol. The van der Waals surface area contributed by atoms with Gasteiger partial charge in [0.25, 0.3) is 0 Å². The first-order valence-electron chi connectivity index (χ1n) is 7.80. The summed E-state index contributed by atoms with van der Waals surface area (Å²) in [5.74, 6) is 1.48. The second kappa shape index (κ2) is 7.89. The van der Waals surface area contributed by atoms with Crippen LogP contribution in [0.5, 0.6) is 0 Å². The highest BCUT2D eigenvalue weighted by Gasteiger charge is 2.22. The van der Waals surface area contributed by atoms with Gasteiger partial charge in [-0.1, -0.05) is 12.2 Å². The Morgan fingerprint density at radius 2 is 2.05 bits per heavy atom. The van der Waals surface area contributed by atoms with E-state index >= 15 is 0 Å². The standard InChI is InChI=1S/C16H25N5O/c1-4-6-13(7-5-2)15(22)19-16-18-14(20-21(16)3)12-8-10-17-11-9-12/h4-5,12-13,17H,1-2,6-11H2,3H3,(H,18,19,20,22). The summed E-state index contributed by atoms with van der Waals surface area (Å²) in [6, 6.07) is 0. The number of aromatic nitrogens is 3. The Bertz CT molecular complexity index is 521. The smallest absolute Gasteiger partial charge is 0.230 e. The van der Waals surface area contributed by atoms with E-state index in [1.807, 2.05) is 7.05 Å². The van der Waals surface area contributed by atoms with Crippen LogP contribution in [0.1, 0.15) is 37.4 Å². The maximum absolute atomic E-state index is 12.3. The number of nitrogens with one attached hydrogen (secondary N) is 2.